The van der Waals surface area contributed by atoms with Crippen LogP contribution in [0.5, 0.6) is 5.75 Å². The van der Waals surface area contributed by atoms with Gasteiger partial charge in [0, 0.05) is 36.3 Å². The molecule has 0 bridgehead atoms. The summed E-state index contributed by atoms with van der Waals surface area (Å²) in [7, 11) is 1.58. The van der Waals surface area contributed by atoms with Crippen molar-refractivity contribution in [2.24, 2.45) is 0 Å². The zero-order valence-electron chi connectivity index (χ0n) is 20.1. The first-order valence-corrected chi connectivity index (χ1v) is 10.9. The van der Waals surface area contributed by atoms with Gasteiger partial charge in [0.05, 0.1) is 19.3 Å². The maximum absolute atomic E-state index is 13.0. The first kappa shape index (κ1) is 24.7. The van der Waals surface area contributed by atoms with E-state index in [4.69, 9.17) is 9.47 Å². The second-order valence-electron chi connectivity index (χ2n) is 8.83. The maximum Gasteiger partial charge on any atom is 0.407 e. The molecule has 8 heteroatoms. The number of carbonyl (C=O) groups is 2. The van der Waals surface area contributed by atoms with Gasteiger partial charge in [-0.3, -0.25) is 14.8 Å². The summed E-state index contributed by atoms with van der Waals surface area (Å²) in [6.07, 6.45) is 2.84. The van der Waals surface area contributed by atoms with Crippen molar-refractivity contribution in [2.75, 3.05) is 7.11 Å². The van der Waals surface area contributed by atoms with Gasteiger partial charge in [-0.2, -0.15) is 0 Å². The van der Waals surface area contributed by atoms with Gasteiger partial charge in [-0.05, 0) is 80.8 Å². The van der Waals surface area contributed by atoms with Crippen molar-refractivity contribution in [3.63, 3.8) is 0 Å². The zero-order valence-corrected chi connectivity index (χ0v) is 20.1. The monoisotopic (exact) mass is 462 g/mol. The summed E-state index contributed by atoms with van der Waals surface area (Å²) in [4.78, 5) is 33.6. The van der Waals surface area contributed by atoms with Crippen LogP contribution in [0.1, 0.15) is 48.1 Å². The van der Waals surface area contributed by atoms with Gasteiger partial charge in [0.15, 0.2) is 0 Å². The van der Waals surface area contributed by atoms with Gasteiger partial charge < -0.3 is 20.1 Å². The highest BCUT2D eigenvalue weighted by molar-refractivity contribution is 5.95. The summed E-state index contributed by atoms with van der Waals surface area (Å²) in [5, 5.41) is 5.65. The SMILES string of the molecule is COc1ccnc(CNC(=O)c2cc(CNC(=O)OC(C)(C)C)cc(-c3ccnc(C)c3)c2)c1. The first-order chi connectivity index (χ1) is 16.1. The number of ether oxygens (including phenoxy) is 2. The van der Waals surface area contributed by atoms with Crippen LogP contribution < -0.4 is 15.4 Å². The van der Waals surface area contributed by atoms with E-state index < -0.39 is 11.7 Å². The molecule has 0 aliphatic rings. The van der Waals surface area contributed by atoms with E-state index in [0.29, 0.717) is 17.0 Å². The molecule has 0 atom stereocenters. The second-order valence-corrected chi connectivity index (χ2v) is 8.83. The van der Waals surface area contributed by atoms with Crippen LogP contribution in [0.4, 0.5) is 4.79 Å². The number of rotatable bonds is 7. The third-order valence-corrected chi connectivity index (χ3v) is 4.77. The Hall–Kier alpha value is -3.94. The number of aryl methyl sites for hydroxylation is 1. The molecule has 2 N–H and O–H groups in total. The molecule has 0 spiro atoms. The lowest BCUT2D eigenvalue weighted by Crippen LogP contribution is -2.32. The molecule has 0 aliphatic heterocycles. The van der Waals surface area contributed by atoms with Crippen LogP contribution >= 0.6 is 0 Å². The molecule has 0 fully saturated rings. The fourth-order valence-corrected chi connectivity index (χ4v) is 3.26. The van der Waals surface area contributed by atoms with E-state index in [0.717, 1.165) is 22.4 Å². The van der Waals surface area contributed by atoms with Crippen LogP contribution in [0.2, 0.25) is 0 Å². The summed E-state index contributed by atoms with van der Waals surface area (Å²) in [5.41, 5.74) is 3.96. The summed E-state index contributed by atoms with van der Waals surface area (Å²) >= 11 is 0. The number of amides is 2. The lowest BCUT2D eigenvalue weighted by atomic mass is 9.99. The minimum absolute atomic E-state index is 0.213. The highest BCUT2D eigenvalue weighted by atomic mass is 16.6. The van der Waals surface area contributed by atoms with Crippen molar-refractivity contribution in [2.45, 2.75) is 46.4 Å². The predicted molar refractivity (Wildman–Crippen MR) is 129 cm³/mol. The quantitative estimate of drug-likeness (QED) is 0.539. The van der Waals surface area contributed by atoms with Crippen molar-refractivity contribution in [3.05, 3.63) is 77.4 Å². The van der Waals surface area contributed by atoms with Crippen LogP contribution in [-0.2, 0) is 17.8 Å². The molecule has 0 saturated heterocycles. The Bertz CT molecular complexity index is 1170. The largest absolute Gasteiger partial charge is 0.497 e. The molecule has 8 nitrogen and oxygen atoms in total. The van der Waals surface area contributed by atoms with Gasteiger partial charge in [0.25, 0.3) is 5.91 Å². The smallest absolute Gasteiger partial charge is 0.407 e. The number of alkyl carbamates (subject to hydrolysis) is 1. The summed E-state index contributed by atoms with van der Waals surface area (Å²) in [6, 6.07) is 12.9. The molecule has 2 amide bonds. The Morgan fingerprint density at radius 3 is 2.38 bits per heavy atom. The standard InChI is InChI=1S/C26H30N4O4/c1-17-10-19(6-8-27-17)20-11-18(15-30-25(32)34-26(2,3)4)12-21(13-20)24(31)29-16-22-14-23(33-5)7-9-28-22/h6-14H,15-16H2,1-5H3,(H,29,31)(H,30,32). The van der Waals surface area contributed by atoms with E-state index in [1.165, 1.54) is 0 Å². The normalized spacial score (nSPS) is 11.0. The molecular formula is C26H30N4O4. The number of benzene rings is 1. The topological polar surface area (TPSA) is 102 Å². The Kier molecular flexibility index (Phi) is 7.83. The van der Waals surface area contributed by atoms with Crippen LogP contribution in [0, 0.1) is 6.92 Å². The molecule has 0 radical (unpaired) electrons. The number of methoxy groups -OCH3 is 1. The van der Waals surface area contributed by atoms with Crippen LogP contribution in [0.15, 0.2) is 54.9 Å². The third-order valence-electron chi connectivity index (χ3n) is 4.77. The van der Waals surface area contributed by atoms with Gasteiger partial charge in [0.2, 0.25) is 0 Å². The molecule has 1 aromatic carbocycles. The summed E-state index contributed by atoms with van der Waals surface area (Å²) in [5.74, 6) is 0.417. The van der Waals surface area contributed by atoms with Gasteiger partial charge >= 0.3 is 6.09 Å². The Labute approximate surface area is 199 Å². The van der Waals surface area contributed by atoms with Crippen molar-refractivity contribution >= 4 is 12.0 Å². The zero-order chi connectivity index (χ0) is 24.7. The predicted octanol–water partition coefficient (Wildman–Crippen LogP) is 4.42. The van der Waals surface area contributed by atoms with Gasteiger partial charge in [0.1, 0.15) is 11.4 Å². The molecule has 34 heavy (non-hydrogen) atoms. The fourth-order valence-electron chi connectivity index (χ4n) is 3.26. The van der Waals surface area contributed by atoms with E-state index in [1.807, 2.05) is 31.2 Å². The molecule has 178 valence electrons. The number of nitrogens with one attached hydrogen (secondary N) is 2. The molecule has 3 rings (SSSR count). The van der Waals surface area contributed by atoms with E-state index in [9.17, 15) is 9.59 Å². The number of hydrogen-bond donors (Lipinski definition) is 2. The molecule has 2 aromatic heterocycles. The number of aromatic nitrogens is 2. The third kappa shape index (κ3) is 7.30. The number of hydrogen-bond acceptors (Lipinski definition) is 6. The van der Waals surface area contributed by atoms with Gasteiger partial charge in [-0.1, -0.05) is 0 Å². The average molecular weight is 463 g/mol. The molecule has 0 aliphatic carbocycles. The molecule has 0 saturated carbocycles. The first-order valence-electron chi connectivity index (χ1n) is 10.9. The molecular weight excluding hydrogens is 432 g/mol. The van der Waals surface area contributed by atoms with E-state index in [2.05, 4.69) is 20.6 Å². The van der Waals surface area contributed by atoms with Gasteiger partial charge in [-0.15, -0.1) is 0 Å². The average Bonchev–Trinajstić information content (AvgIpc) is 2.80. The number of carbonyl (C=O) groups excluding carboxylic acids is 2. The van der Waals surface area contributed by atoms with Gasteiger partial charge in [-0.25, -0.2) is 4.79 Å². The Morgan fingerprint density at radius 1 is 0.912 bits per heavy atom. The van der Waals surface area contributed by atoms with E-state index in [1.54, 1.807) is 58.5 Å². The molecule has 0 unspecified atom stereocenters. The highest BCUT2D eigenvalue weighted by Gasteiger charge is 2.16. The van der Waals surface area contributed by atoms with E-state index in [-0.39, 0.29) is 19.0 Å². The Balaban J connectivity index is 1.82. The van der Waals surface area contributed by atoms with Crippen molar-refractivity contribution in [3.8, 4) is 16.9 Å². The lowest BCUT2D eigenvalue weighted by Gasteiger charge is -2.20. The van der Waals surface area contributed by atoms with Crippen LogP contribution in [0.3, 0.4) is 0 Å². The Morgan fingerprint density at radius 2 is 1.68 bits per heavy atom. The lowest BCUT2D eigenvalue weighted by molar-refractivity contribution is 0.0523. The summed E-state index contributed by atoms with van der Waals surface area (Å²) < 4.78 is 10.5. The van der Waals surface area contributed by atoms with Crippen LogP contribution in [0.25, 0.3) is 11.1 Å². The molecule has 3 aromatic rings. The van der Waals surface area contributed by atoms with Crippen molar-refractivity contribution < 1.29 is 19.1 Å². The molecule has 2 heterocycles. The van der Waals surface area contributed by atoms with Crippen LogP contribution in [-0.4, -0.2) is 34.7 Å². The minimum atomic E-state index is -0.598. The number of nitrogens with zero attached hydrogens (tertiary/aromatic N) is 2. The highest BCUT2D eigenvalue weighted by Crippen LogP contribution is 2.23. The second kappa shape index (κ2) is 10.8. The minimum Gasteiger partial charge on any atom is -0.497 e. The number of pyridine rings is 2. The maximum atomic E-state index is 13.0. The fraction of sp³-hybridized carbons (Fsp3) is 0.308. The van der Waals surface area contributed by atoms with E-state index >= 15 is 0 Å². The van der Waals surface area contributed by atoms with Crippen molar-refractivity contribution in [1.82, 2.24) is 20.6 Å². The van der Waals surface area contributed by atoms with Crippen molar-refractivity contribution in [1.29, 1.82) is 0 Å². The summed E-state index contributed by atoms with van der Waals surface area (Å²) in [6.45, 7) is 7.78.